The number of benzene rings is 1. The van der Waals surface area contributed by atoms with Crippen molar-refractivity contribution in [1.82, 2.24) is 5.43 Å². The first-order valence-electron chi connectivity index (χ1n) is 5.51. The molecule has 1 atom stereocenters. The van der Waals surface area contributed by atoms with Crippen LogP contribution in [0.4, 0.5) is 4.39 Å². The molecule has 0 spiro atoms. The standard InChI is InChI=1S/C13H15FN2OS/c1-8-6-7-18-13(8)12(16-15)11-9(14)4-3-5-10(11)17-2/h3-7,12,16H,15H2,1-2H3. The van der Waals surface area contributed by atoms with Crippen LogP contribution in [0.25, 0.3) is 0 Å². The predicted molar refractivity (Wildman–Crippen MR) is 71.2 cm³/mol. The van der Waals surface area contributed by atoms with Crippen LogP contribution in [-0.2, 0) is 0 Å². The van der Waals surface area contributed by atoms with Crippen molar-refractivity contribution in [2.75, 3.05) is 7.11 Å². The third-order valence-corrected chi connectivity index (χ3v) is 3.94. The topological polar surface area (TPSA) is 47.3 Å². The third-order valence-electron chi connectivity index (χ3n) is 2.85. The summed E-state index contributed by atoms with van der Waals surface area (Å²) in [5, 5.41) is 1.96. The van der Waals surface area contributed by atoms with Crippen molar-refractivity contribution in [2.24, 2.45) is 5.84 Å². The summed E-state index contributed by atoms with van der Waals surface area (Å²) in [7, 11) is 1.52. The van der Waals surface area contributed by atoms with E-state index in [0.29, 0.717) is 11.3 Å². The summed E-state index contributed by atoms with van der Waals surface area (Å²) in [6, 6.07) is 6.34. The first kappa shape index (κ1) is 13.0. The van der Waals surface area contributed by atoms with Gasteiger partial charge in [-0.3, -0.25) is 5.84 Å². The van der Waals surface area contributed by atoms with Gasteiger partial charge in [0.1, 0.15) is 11.6 Å². The number of halogens is 1. The zero-order chi connectivity index (χ0) is 13.1. The number of ether oxygens (including phenoxy) is 1. The Morgan fingerprint density at radius 3 is 2.72 bits per heavy atom. The average Bonchev–Trinajstić information content (AvgIpc) is 2.79. The van der Waals surface area contributed by atoms with Crippen LogP contribution < -0.4 is 16.0 Å². The Morgan fingerprint density at radius 1 is 1.39 bits per heavy atom. The summed E-state index contributed by atoms with van der Waals surface area (Å²) in [5.74, 6) is 5.75. The summed E-state index contributed by atoms with van der Waals surface area (Å²) in [6.07, 6.45) is 0. The lowest BCUT2D eigenvalue weighted by molar-refractivity contribution is 0.397. The number of rotatable bonds is 4. The Balaban J connectivity index is 2.55. The van der Waals surface area contributed by atoms with E-state index >= 15 is 0 Å². The van der Waals surface area contributed by atoms with Crippen LogP contribution in [0.5, 0.6) is 5.75 Å². The summed E-state index contributed by atoms with van der Waals surface area (Å²) in [5.41, 5.74) is 4.18. The number of hydrogen-bond acceptors (Lipinski definition) is 4. The summed E-state index contributed by atoms with van der Waals surface area (Å²) < 4.78 is 19.2. The van der Waals surface area contributed by atoms with Gasteiger partial charge in [-0.1, -0.05) is 6.07 Å². The zero-order valence-corrected chi connectivity index (χ0v) is 11.1. The summed E-state index contributed by atoms with van der Waals surface area (Å²) >= 11 is 1.54. The highest BCUT2D eigenvalue weighted by Gasteiger charge is 2.23. The van der Waals surface area contributed by atoms with Crippen molar-refractivity contribution < 1.29 is 9.13 Å². The van der Waals surface area contributed by atoms with Gasteiger partial charge in [-0.25, -0.2) is 9.82 Å². The quantitative estimate of drug-likeness (QED) is 0.661. The molecule has 1 unspecified atom stereocenters. The second-order valence-electron chi connectivity index (χ2n) is 3.92. The van der Waals surface area contributed by atoms with E-state index in [2.05, 4.69) is 5.43 Å². The van der Waals surface area contributed by atoms with E-state index in [4.69, 9.17) is 10.6 Å². The lowest BCUT2D eigenvalue weighted by Gasteiger charge is -2.19. The van der Waals surface area contributed by atoms with Gasteiger partial charge < -0.3 is 4.74 Å². The van der Waals surface area contributed by atoms with E-state index in [1.165, 1.54) is 13.2 Å². The van der Waals surface area contributed by atoms with E-state index in [1.807, 2.05) is 18.4 Å². The highest BCUT2D eigenvalue weighted by atomic mass is 32.1. The van der Waals surface area contributed by atoms with Gasteiger partial charge in [0.05, 0.1) is 18.7 Å². The minimum atomic E-state index is -0.402. The molecule has 0 radical (unpaired) electrons. The van der Waals surface area contributed by atoms with E-state index < -0.39 is 6.04 Å². The number of hydrazine groups is 1. The highest BCUT2D eigenvalue weighted by Crippen LogP contribution is 2.35. The number of thiophene rings is 1. The molecule has 0 saturated heterocycles. The molecule has 0 aliphatic carbocycles. The van der Waals surface area contributed by atoms with Crippen molar-refractivity contribution in [3.8, 4) is 5.75 Å². The number of methoxy groups -OCH3 is 1. The van der Waals surface area contributed by atoms with E-state index in [1.54, 1.807) is 23.5 Å². The second kappa shape index (κ2) is 5.48. The maximum Gasteiger partial charge on any atom is 0.132 e. The SMILES string of the molecule is COc1cccc(F)c1C(NN)c1sccc1C. The van der Waals surface area contributed by atoms with Gasteiger partial charge in [0.15, 0.2) is 0 Å². The van der Waals surface area contributed by atoms with Crippen LogP contribution in [0.15, 0.2) is 29.6 Å². The van der Waals surface area contributed by atoms with Crippen molar-refractivity contribution in [2.45, 2.75) is 13.0 Å². The van der Waals surface area contributed by atoms with Crippen molar-refractivity contribution in [3.05, 3.63) is 51.5 Å². The van der Waals surface area contributed by atoms with Crippen LogP contribution in [0, 0.1) is 12.7 Å². The predicted octanol–water partition coefficient (Wildman–Crippen LogP) is 2.76. The fourth-order valence-electron chi connectivity index (χ4n) is 1.95. The number of aryl methyl sites for hydroxylation is 1. The van der Waals surface area contributed by atoms with E-state index in [9.17, 15) is 4.39 Å². The Labute approximate surface area is 109 Å². The second-order valence-corrected chi connectivity index (χ2v) is 4.87. The Hall–Kier alpha value is -1.43. The fraction of sp³-hybridized carbons (Fsp3) is 0.231. The van der Waals surface area contributed by atoms with Gasteiger partial charge in [-0.05, 0) is 36.1 Å². The molecule has 1 heterocycles. The Kier molecular flexibility index (Phi) is 3.96. The lowest BCUT2D eigenvalue weighted by atomic mass is 10.0. The summed E-state index contributed by atoms with van der Waals surface area (Å²) in [6.45, 7) is 1.98. The maximum absolute atomic E-state index is 14.0. The molecule has 3 N–H and O–H groups in total. The molecule has 0 aliphatic heterocycles. The molecule has 0 amide bonds. The molecule has 0 saturated carbocycles. The largest absolute Gasteiger partial charge is 0.496 e. The Bertz CT molecular complexity index is 542. The van der Waals surface area contributed by atoms with Crippen molar-refractivity contribution >= 4 is 11.3 Å². The first-order chi connectivity index (χ1) is 8.69. The minimum Gasteiger partial charge on any atom is -0.496 e. The molecule has 18 heavy (non-hydrogen) atoms. The molecule has 2 aromatic rings. The molecule has 0 aliphatic rings. The van der Waals surface area contributed by atoms with Gasteiger partial charge in [0, 0.05) is 4.88 Å². The van der Waals surface area contributed by atoms with Crippen LogP contribution in [0.2, 0.25) is 0 Å². The van der Waals surface area contributed by atoms with E-state index in [-0.39, 0.29) is 5.82 Å². The molecule has 5 heteroatoms. The van der Waals surface area contributed by atoms with Crippen LogP contribution in [-0.4, -0.2) is 7.11 Å². The highest BCUT2D eigenvalue weighted by molar-refractivity contribution is 7.10. The van der Waals surface area contributed by atoms with Crippen molar-refractivity contribution in [3.63, 3.8) is 0 Å². The van der Waals surface area contributed by atoms with E-state index in [0.717, 1.165) is 10.4 Å². The molecule has 2 rings (SSSR count). The van der Waals surface area contributed by atoms with Gasteiger partial charge in [-0.15, -0.1) is 11.3 Å². The molecular weight excluding hydrogens is 251 g/mol. The number of hydrogen-bond donors (Lipinski definition) is 2. The third kappa shape index (κ3) is 2.25. The number of nitrogens with one attached hydrogen (secondary N) is 1. The summed E-state index contributed by atoms with van der Waals surface area (Å²) in [4.78, 5) is 0.987. The molecule has 3 nitrogen and oxygen atoms in total. The monoisotopic (exact) mass is 266 g/mol. The molecule has 0 fully saturated rings. The van der Waals surface area contributed by atoms with Gasteiger partial charge in [-0.2, -0.15) is 0 Å². The van der Waals surface area contributed by atoms with Crippen LogP contribution in [0.1, 0.15) is 22.0 Å². The molecule has 96 valence electrons. The molecule has 0 bridgehead atoms. The zero-order valence-electron chi connectivity index (χ0n) is 10.2. The fourth-order valence-corrected chi connectivity index (χ4v) is 2.94. The normalized spacial score (nSPS) is 12.4. The number of nitrogens with two attached hydrogens (primary N) is 1. The van der Waals surface area contributed by atoms with Crippen LogP contribution in [0.3, 0.4) is 0 Å². The van der Waals surface area contributed by atoms with Crippen molar-refractivity contribution in [1.29, 1.82) is 0 Å². The first-order valence-corrected chi connectivity index (χ1v) is 6.39. The van der Waals surface area contributed by atoms with Gasteiger partial charge in [0.25, 0.3) is 0 Å². The lowest BCUT2D eigenvalue weighted by Crippen LogP contribution is -2.29. The van der Waals surface area contributed by atoms with Gasteiger partial charge in [0.2, 0.25) is 0 Å². The minimum absolute atomic E-state index is 0.329. The maximum atomic E-state index is 14.0. The van der Waals surface area contributed by atoms with Gasteiger partial charge >= 0.3 is 0 Å². The van der Waals surface area contributed by atoms with Crippen LogP contribution >= 0.6 is 11.3 Å². The molecule has 1 aromatic heterocycles. The molecule has 1 aromatic carbocycles. The Morgan fingerprint density at radius 2 is 2.17 bits per heavy atom. The smallest absolute Gasteiger partial charge is 0.132 e. The average molecular weight is 266 g/mol. The molecular formula is C13H15FN2OS.